The normalized spacial score (nSPS) is 14.4. The van der Waals surface area contributed by atoms with Gasteiger partial charge in [0.25, 0.3) is 0 Å². The van der Waals surface area contributed by atoms with Crippen LogP contribution in [0.2, 0.25) is 0 Å². The maximum atomic E-state index is 6.72. The van der Waals surface area contributed by atoms with Crippen molar-refractivity contribution in [3.8, 4) is 0 Å². The van der Waals surface area contributed by atoms with E-state index in [4.69, 9.17) is 5.73 Å². The Labute approximate surface area is 126 Å². The van der Waals surface area contributed by atoms with Crippen LogP contribution >= 0.6 is 0 Å². The van der Waals surface area contributed by atoms with Gasteiger partial charge in [0.15, 0.2) is 0 Å². The summed E-state index contributed by atoms with van der Waals surface area (Å²) >= 11 is 0. The minimum Gasteiger partial charge on any atom is -0.321 e. The van der Waals surface area contributed by atoms with Crippen molar-refractivity contribution >= 4 is 0 Å². The zero-order valence-electron chi connectivity index (χ0n) is 13.7. The lowest BCUT2D eigenvalue weighted by Crippen LogP contribution is -2.41. The maximum Gasteiger partial charge on any atom is 0.0432 e. The van der Waals surface area contributed by atoms with Crippen LogP contribution in [0.1, 0.15) is 77.7 Å². The molecule has 1 atom stereocenters. The molecular weight excluding hydrogens is 242 g/mol. The Hall–Kier alpha value is -0.820. The Bertz CT molecular complexity index is 344. The smallest absolute Gasteiger partial charge is 0.0432 e. The van der Waals surface area contributed by atoms with Crippen LogP contribution in [0.4, 0.5) is 0 Å². The lowest BCUT2D eigenvalue weighted by atomic mass is 9.77. The first kappa shape index (κ1) is 17.2. The minimum atomic E-state index is -0.162. The molecule has 20 heavy (non-hydrogen) atoms. The Kier molecular flexibility index (Phi) is 7.91. The van der Waals surface area contributed by atoms with Crippen LogP contribution in [0, 0.1) is 5.92 Å². The number of nitrogens with two attached hydrogens (primary N) is 1. The summed E-state index contributed by atoms with van der Waals surface area (Å²) in [5.74, 6) is 0.477. The van der Waals surface area contributed by atoms with Gasteiger partial charge in [0.05, 0.1) is 0 Å². The molecule has 1 unspecified atom stereocenters. The molecule has 0 bridgehead atoms. The van der Waals surface area contributed by atoms with Gasteiger partial charge in [-0.05, 0) is 17.9 Å². The molecule has 0 radical (unpaired) electrons. The number of hydrogen-bond donors (Lipinski definition) is 1. The average Bonchev–Trinajstić information content (AvgIpc) is 2.46. The molecule has 0 spiro atoms. The van der Waals surface area contributed by atoms with Crippen molar-refractivity contribution in [2.45, 2.75) is 77.7 Å². The second-order valence-corrected chi connectivity index (χ2v) is 6.43. The Morgan fingerprint density at radius 2 is 1.45 bits per heavy atom. The van der Waals surface area contributed by atoms with E-state index in [1.807, 2.05) is 0 Å². The predicted molar refractivity (Wildman–Crippen MR) is 89.8 cm³/mol. The Morgan fingerprint density at radius 3 is 2.00 bits per heavy atom. The summed E-state index contributed by atoms with van der Waals surface area (Å²) in [6.45, 7) is 6.76. The number of hydrogen-bond acceptors (Lipinski definition) is 1. The fourth-order valence-electron chi connectivity index (χ4n) is 2.89. The summed E-state index contributed by atoms with van der Waals surface area (Å²) in [7, 11) is 0. The third-order valence-corrected chi connectivity index (χ3v) is 4.54. The summed E-state index contributed by atoms with van der Waals surface area (Å²) in [6.07, 6.45) is 10.5. The maximum absolute atomic E-state index is 6.72. The topological polar surface area (TPSA) is 26.0 Å². The third-order valence-electron chi connectivity index (χ3n) is 4.54. The summed E-state index contributed by atoms with van der Waals surface area (Å²) in [5.41, 5.74) is 7.86. The van der Waals surface area contributed by atoms with E-state index in [1.165, 1.54) is 50.5 Å². The lowest BCUT2D eigenvalue weighted by molar-refractivity contribution is 0.283. The SMILES string of the molecule is CCCCCCCCCC(N)(c1ccccc1)C(C)C. The molecule has 0 fully saturated rings. The molecule has 1 aromatic rings. The van der Waals surface area contributed by atoms with Crippen LogP contribution in [0.3, 0.4) is 0 Å². The summed E-state index contributed by atoms with van der Waals surface area (Å²) < 4.78 is 0. The van der Waals surface area contributed by atoms with E-state index in [0.717, 1.165) is 6.42 Å². The average molecular weight is 275 g/mol. The number of unbranched alkanes of at least 4 members (excludes halogenated alkanes) is 6. The van der Waals surface area contributed by atoms with Gasteiger partial charge in [-0.3, -0.25) is 0 Å². The van der Waals surface area contributed by atoms with Crippen molar-refractivity contribution < 1.29 is 0 Å². The molecule has 0 aromatic heterocycles. The van der Waals surface area contributed by atoms with E-state index in [-0.39, 0.29) is 5.54 Å². The van der Waals surface area contributed by atoms with Crippen molar-refractivity contribution in [1.29, 1.82) is 0 Å². The molecule has 0 aliphatic carbocycles. The molecule has 0 amide bonds. The molecular formula is C19H33N. The van der Waals surface area contributed by atoms with Crippen molar-refractivity contribution in [3.05, 3.63) is 35.9 Å². The van der Waals surface area contributed by atoms with Gasteiger partial charge in [-0.25, -0.2) is 0 Å². The Morgan fingerprint density at radius 1 is 0.900 bits per heavy atom. The molecule has 0 saturated carbocycles. The highest BCUT2D eigenvalue weighted by molar-refractivity contribution is 5.24. The second kappa shape index (κ2) is 9.18. The van der Waals surface area contributed by atoms with E-state index < -0.39 is 0 Å². The van der Waals surface area contributed by atoms with Crippen molar-refractivity contribution in [2.75, 3.05) is 0 Å². The van der Waals surface area contributed by atoms with E-state index in [2.05, 4.69) is 51.1 Å². The predicted octanol–water partition coefficient (Wildman–Crippen LogP) is 5.64. The molecule has 0 aliphatic rings. The first-order chi connectivity index (χ1) is 9.61. The molecule has 2 N–H and O–H groups in total. The molecule has 1 aromatic carbocycles. The fraction of sp³-hybridized carbons (Fsp3) is 0.684. The molecule has 0 saturated heterocycles. The monoisotopic (exact) mass is 275 g/mol. The van der Waals surface area contributed by atoms with Crippen LogP contribution < -0.4 is 5.73 Å². The highest BCUT2D eigenvalue weighted by atomic mass is 14.8. The zero-order valence-corrected chi connectivity index (χ0v) is 13.7. The van der Waals surface area contributed by atoms with Crippen LogP contribution in [-0.2, 0) is 5.54 Å². The third kappa shape index (κ3) is 5.28. The molecule has 114 valence electrons. The van der Waals surface area contributed by atoms with E-state index in [1.54, 1.807) is 0 Å². The molecule has 0 aliphatic heterocycles. The molecule has 0 heterocycles. The first-order valence-corrected chi connectivity index (χ1v) is 8.45. The molecule has 1 nitrogen and oxygen atoms in total. The van der Waals surface area contributed by atoms with Crippen molar-refractivity contribution in [2.24, 2.45) is 11.7 Å². The highest BCUT2D eigenvalue weighted by Crippen LogP contribution is 2.32. The van der Waals surface area contributed by atoms with Gasteiger partial charge in [0.2, 0.25) is 0 Å². The van der Waals surface area contributed by atoms with Crippen LogP contribution in [0.15, 0.2) is 30.3 Å². The van der Waals surface area contributed by atoms with Gasteiger partial charge in [0.1, 0.15) is 0 Å². The number of rotatable bonds is 10. The molecule has 1 rings (SSSR count). The summed E-state index contributed by atoms with van der Waals surface area (Å²) in [5, 5.41) is 0. The van der Waals surface area contributed by atoms with Crippen LogP contribution in [0.25, 0.3) is 0 Å². The van der Waals surface area contributed by atoms with E-state index in [9.17, 15) is 0 Å². The van der Waals surface area contributed by atoms with E-state index >= 15 is 0 Å². The van der Waals surface area contributed by atoms with E-state index in [0.29, 0.717) is 5.92 Å². The second-order valence-electron chi connectivity index (χ2n) is 6.43. The lowest BCUT2D eigenvalue weighted by Gasteiger charge is -2.34. The zero-order chi connectivity index (χ0) is 14.8. The highest BCUT2D eigenvalue weighted by Gasteiger charge is 2.30. The van der Waals surface area contributed by atoms with Gasteiger partial charge >= 0.3 is 0 Å². The minimum absolute atomic E-state index is 0.162. The summed E-state index contributed by atoms with van der Waals surface area (Å²) in [4.78, 5) is 0. The summed E-state index contributed by atoms with van der Waals surface area (Å²) in [6, 6.07) is 10.6. The van der Waals surface area contributed by atoms with Gasteiger partial charge in [-0.2, -0.15) is 0 Å². The quantitative estimate of drug-likeness (QED) is 0.550. The van der Waals surface area contributed by atoms with Gasteiger partial charge < -0.3 is 5.73 Å². The van der Waals surface area contributed by atoms with Crippen molar-refractivity contribution in [1.82, 2.24) is 0 Å². The standard InChI is InChI=1S/C19H33N/c1-4-5-6-7-8-9-13-16-19(20,17(2)3)18-14-11-10-12-15-18/h10-12,14-15,17H,4-9,13,16,20H2,1-3H3. The molecule has 1 heteroatoms. The largest absolute Gasteiger partial charge is 0.321 e. The van der Waals surface area contributed by atoms with Crippen LogP contribution in [0.5, 0.6) is 0 Å². The first-order valence-electron chi connectivity index (χ1n) is 8.45. The van der Waals surface area contributed by atoms with Gasteiger partial charge in [0, 0.05) is 5.54 Å². The fourth-order valence-corrected chi connectivity index (χ4v) is 2.89. The van der Waals surface area contributed by atoms with Gasteiger partial charge in [-0.15, -0.1) is 0 Å². The number of benzene rings is 1. The Balaban J connectivity index is 2.40. The van der Waals surface area contributed by atoms with Crippen LogP contribution in [-0.4, -0.2) is 0 Å². The van der Waals surface area contributed by atoms with Gasteiger partial charge in [-0.1, -0.05) is 96.0 Å². The van der Waals surface area contributed by atoms with Crippen molar-refractivity contribution in [3.63, 3.8) is 0 Å².